The highest BCUT2D eigenvalue weighted by atomic mass is 16.5. The lowest BCUT2D eigenvalue weighted by Gasteiger charge is -2.38. The van der Waals surface area contributed by atoms with Crippen LogP contribution in [0, 0.1) is 0 Å². The summed E-state index contributed by atoms with van der Waals surface area (Å²) in [6.07, 6.45) is 0.901. The van der Waals surface area contributed by atoms with E-state index in [0.29, 0.717) is 19.6 Å². The van der Waals surface area contributed by atoms with Crippen LogP contribution < -0.4 is 15.4 Å². The highest BCUT2D eigenvalue weighted by Gasteiger charge is 2.31. The van der Waals surface area contributed by atoms with E-state index < -0.39 is 12.2 Å². The summed E-state index contributed by atoms with van der Waals surface area (Å²) in [6.45, 7) is 9.97. The van der Waals surface area contributed by atoms with Crippen LogP contribution in [0.15, 0.2) is 54.7 Å². The number of nitrogens with one attached hydrogen (secondary N) is 3. The Kier molecular flexibility index (Phi) is 8.61. The molecule has 1 aliphatic heterocycles. The Hall–Kier alpha value is -3.65. The van der Waals surface area contributed by atoms with Crippen molar-refractivity contribution in [3.8, 4) is 5.75 Å². The molecule has 2 aromatic carbocycles. The first-order valence-electron chi connectivity index (χ1n) is 13.0. The molecule has 8 nitrogen and oxygen atoms in total. The third-order valence-electron chi connectivity index (χ3n) is 6.74. The van der Waals surface area contributed by atoms with Gasteiger partial charge in [-0.1, -0.05) is 25.6 Å². The monoisotopic (exact) mass is 506 g/mol. The van der Waals surface area contributed by atoms with E-state index in [9.17, 15) is 9.90 Å². The molecule has 1 amide bonds. The second kappa shape index (κ2) is 12.1. The van der Waals surface area contributed by atoms with Gasteiger partial charge in [-0.05, 0) is 61.2 Å². The van der Waals surface area contributed by atoms with Crippen LogP contribution in [-0.2, 0) is 11.2 Å². The lowest BCUT2D eigenvalue weighted by atomic mass is 9.92. The van der Waals surface area contributed by atoms with E-state index >= 15 is 0 Å². The number of alkyl carbamates (subject to hydrolysis) is 1. The number of amides is 1. The average molecular weight is 507 g/mol. The van der Waals surface area contributed by atoms with Crippen molar-refractivity contribution in [3.63, 3.8) is 0 Å². The third kappa shape index (κ3) is 6.20. The zero-order valence-electron chi connectivity index (χ0n) is 22.0. The Morgan fingerprint density at radius 2 is 2.03 bits per heavy atom. The Morgan fingerprint density at radius 1 is 1.24 bits per heavy atom. The molecule has 3 aromatic rings. The summed E-state index contributed by atoms with van der Waals surface area (Å²) in [6, 6.07) is 14.6. The van der Waals surface area contributed by atoms with Crippen molar-refractivity contribution in [3.05, 3.63) is 71.6 Å². The van der Waals surface area contributed by atoms with Crippen molar-refractivity contribution >= 4 is 22.7 Å². The van der Waals surface area contributed by atoms with Gasteiger partial charge in [0.1, 0.15) is 5.75 Å². The van der Waals surface area contributed by atoms with Gasteiger partial charge in [-0.2, -0.15) is 0 Å². The number of anilines is 1. The van der Waals surface area contributed by atoms with Crippen molar-refractivity contribution in [2.24, 2.45) is 0 Å². The van der Waals surface area contributed by atoms with Crippen LogP contribution >= 0.6 is 0 Å². The maximum absolute atomic E-state index is 11.5. The molecule has 0 spiro atoms. The molecule has 1 aromatic heterocycles. The molecule has 2 atom stereocenters. The van der Waals surface area contributed by atoms with Crippen LogP contribution in [-0.4, -0.2) is 60.5 Å². The lowest BCUT2D eigenvalue weighted by Crippen LogP contribution is -2.34. The fourth-order valence-corrected chi connectivity index (χ4v) is 4.81. The van der Waals surface area contributed by atoms with Crippen molar-refractivity contribution < 1.29 is 19.4 Å². The zero-order chi connectivity index (χ0) is 26.4. The maximum Gasteiger partial charge on any atom is 0.407 e. The topological polar surface area (TPSA) is 98.9 Å². The predicted molar refractivity (Wildman–Crippen MR) is 147 cm³/mol. The fourth-order valence-electron chi connectivity index (χ4n) is 4.81. The van der Waals surface area contributed by atoms with Gasteiger partial charge in [-0.15, -0.1) is 0 Å². The summed E-state index contributed by atoms with van der Waals surface area (Å²) in [7, 11) is 1.94. The Balaban J connectivity index is 1.42. The van der Waals surface area contributed by atoms with E-state index in [1.54, 1.807) is 0 Å². The van der Waals surface area contributed by atoms with Crippen LogP contribution in [0.2, 0.25) is 0 Å². The smallest absolute Gasteiger partial charge is 0.407 e. The molecule has 0 saturated carbocycles. The number of benzene rings is 2. The number of nitrogens with zero attached hydrogens (tertiary/aromatic N) is 1. The second-order valence-electron chi connectivity index (χ2n) is 9.49. The van der Waals surface area contributed by atoms with Gasteiger partial charge >= 0.3 is 6.09 Å². The number of aliphatic hydroxyl groups is 1. The first-order chi connectivity index (χ1) is 17.9. The number of aliphatic hydroxyl groups excluding tert-OH is 1. The number of ether oxygens (including phenoxy) is 2. The van der Waals surface area contributed by atoms with Crippen molar-refractivity contribution in [2.75, 3.05) is 38.7 Å². The van der Waals surface area contributed by atoms with Crippen LogP contribution in [0.4, 0.5) is 10.5 Å². The quantitative estimate of drug-likeness (QED) is 0.294. The number of carbonyl (C=O) groups excluding carboxylic acids is 1. The van der Waals surface area contributed by atoms with Crippen molar-refractivity contribution in [2.45, 2.75) is 45.3 Å². The third-order valence-corrected chi connectivity index (χ3v) is 6.74. The van der Waals surface area contributed by atoms with Gasteiger partial charge in [0.25, 0.3) is 0 Å². The molecule has 0 saturated heterocycles. The first kappa shape index (κ1) is 26.4. The number of allylic oxidation sites excluding steroid dienone is 1. The average Bonchev–Trinajstić information content (AvgIpc) is 3.28. The Bertz CT molecular complexity index is 1220. The van der Waals surface area contributed by atoms with Gasteiger partial charge in [0.05, 0.1) is 25.4 Å². The summed E-state index contributed by atoms with van der Waals surface area (Å²) >= 11 is 0. The summed E-state index contributed by atoms with van der Waals surface area (Å²) < 4.78 is 10.8. The standard InChI is InChI=1S/C29H38N4O4/c1-5-15-37-29(35)31-18-22(34)13-16-36-23-9-6-20(7-10-23)28-27-24(12-14-33(28)19(2)3)25-17-21(30-4)8-11-26(25)32-27/h6-11,17,22,28,30,32,34H,2,5,12-16,18H2,1,3-4H3,(H,31,35). The number of H-pyrrole nitrogens is 1. The van der Waals surface area contributed by atoms with Crippen LogP contribution in [0.5, 0.6) is 5.75 Å². The minimum atomic E-state index is -0.705. The molecule has 2 unspecified atom stereocenters. The number of hydrogen-bond acceptors (Lipinski definition) is 6. The molecule has 0 radical (unpaired) electrons. The zero-order valence-corrected chi connectivity index (χ0v) is 22.0. The first-order valence-corrected chi connectivity index (χ1v) is 13.0. The molecule has 8 heteroatoms. The molecular weight excluding hydrogens is 468 g/mol. The second-order valence-corrected chi connectivity index (χ2v) is 9.49. The van der Waals surface area contributed by atoms with Crippen LogP contribution in [0.25, 0.3) is 10.9 Å². The summed E-state index contributed by atoms with van der Waals surface area (Å²) in [5.74, 6) is 0.736. The number of hydrogen-bond donors (Lipinski definition) is 4. The SMILES string of the molecule is C=C(C)N1CCc2c([nH]c3ccc(NC)cc23)C1c1ccc(OCCC(O)CNC(=O)OCCC)cc1. The minimum Gasteiger partial charge on any atom is -0.493 e. The molecule has 0 fully saturated rings. The van der Waals surface area contributed by atoms with Gasteiger partial charge in [0.2, 0.25) is 0 Å². The maximum atomic E-state index is 11.5. The van der Waals surface area contributed by atoms with E-state index in [4.69, 9.17) is 9.47 Å². The van der Waals surface area contributed by atoms with Crippen LogP contribution in [0.1, 0.15) is 49.6 Å². The fraction of sp³-hybridized carbons (Fsp3) is 0.414. The highest BCUT2D eigenvalue weighted by Crippen LogP contribution is 2.40. The number of aromatic amines is 1. The molecule has 198 valence electrons. The lowest BCUT2D eigenvalue weighted by molar-refractivity contribution is 0.118. The molecule has 4 N–H and O–H groups in total. The molecule has 4 rings (SSSR count). The Morgan fingerprint density at radius 3 is 2.73 bits per heavy atom. The van der Waals surface area contributed by atoms with Crippen molar-refractivity contribution in [1.82, 2.24) is 15.2 Å². The van der Waals surface area contributed by atoms with E-state index in [1.165, 1.54) is 16.6 Å². The van der Waals surface area contributed by atoms with Gasteiger partial charge in [0, 0.05) is 54.5 Å². The molecule has 0 aliphatic carbocycles. The predicted octanol–water partition coefficient (Wildman–Crippen LogP) is 4.96. The summed E-state index contributed by atoms with van der Waals surface area (Å²) in [4.78, 5) is 17.5. The number of carbonyl (C=O) groups is 1. The van der Waals surface area contributed by atoms with Gasteiger partial charge < -0.3 is 35.1 Å². The minimum absolute atomic E-state index is 0.0427. The molecule has 37 heavy (non-hydrogen) atoms. The number of rotatable bonds is 11. The number of aromatic nitrogens is 1. The van der Waals surface area contributed by atoms with E-state index in [1.807, 2.05) is 26.1 Å². The van der Waals surface area contributed by atoms with Gasteiger partial charge in [0.15, 0.2) is 0 Å². The highest BCUT2D eigenvalue weighted by molar-refractivity contribution is 5.88. The normalized spacial score (nSPS) is 15.7. The number of fused-ring (bicyclic) bond motifs is 3. The van der Waals surface area contributed by atoms with Crippen LogP contribution in [0.3, 0.4) is 0 Å². The molecular formula is C29H38N4O4. The molecule has 1 aliphatic rings. The van der Waals surface area contributed by atoms with Gasteiger partial charge in [-0.25, -0.2) is 4.79 Å². The van der Waals surface area contributed by atoms with E-state index in [-0.39, 0.29) is 12.6 Å². The molecule has 2 heterocycles. The van der Waals surface area contributed by atoms with Gasteiger partial charge in [-0.3, -0.25) is 0 Å². The van der Waals surface area contributed by atoms with E-state index in [2.05, 4.69) is 64.4 Å². The van der Waals surface area contributed by atoms with E-state index in [0.717, 1.165) is 47.6 Å². The largest absolute Gasteiger partial charge is 0.493 e. The van der Waals surface area contributed by atoms with Crippen molar-refractivity contribution in [1.29, 1.82) is 0 Å². The summed E-state index contributed by atoms with van der Waals surface area (Å²) in [5, 5.41) is 17.2. The Labute approximate surface area is 218 Å². The molecule has 0 bridgehead atoms. The summed E-state index contributed by atoms with van der Waals surface area (Å²) in [5.41, 5.74) is 7.00.